The molecule has 0 bridgehead atoms. The van der Waals surface area contributed by atoms with E-state index >= 15 is 0 Å². The highest BCUT2D eigenvalue weighted by Gasteiger charge is 2.13. The summed E-state index contributed by atoms with van der Waals surface area (Å²) in [4.78, 5) is 7.16. The molecule has 0 spiro atoms. The van der Waals surface area contributed by atoms with E-state index in [-0.39, 0.29) is 6.61 Å². The second kappa shape index (κ2) is 6.18. The highest BCUT2D eigenvalue weighted by atomic mass is 35.5. The van der Waals surface area contributed by atoms with Gasteiger partial charge in [-0.2, -0.15) is 0 Å². The third-order valence-corrected chi connectivity index (χ3v) is 4.18. The van der Waals surface area contributed by atoms with Gasteiger partial charge in [-0.25, -0.2) is 4.98 Å². The Kier molecular flexibility index (Phi) is 4.58. The summed E-state index contributed by atoms with van der Waals surface area (Å²) in [7, 11) is 0. The fourth-order valence-corrected chi connectivity index (χ4v) is 2.85. The molecule has 1 aromatic heterocycles. The lowest BCUT2D eigenvalue weighted by Crippen LogP contribution is -2.21. The molecule has 3 nitrogen and oxygen atoms in total. The first-order valence-corrected chi connectivity index (χ1v) is 6.99. The predicted molar refractivity (Wildman–Crippen MR) is 76.2 cm³/mol. The number of aliphatic hydroxyl groups excluding tert-OH is 1. The van der Waals surface area contributed by atoms with Crippen molar-refractivity contribution in [2.75, 3.05) is 11.4 Å². The van der Waals surface area contributed by atoms with E-state index in [0.717, 1.165) is 23.1 Å². The molecule has 0 unspecified atom stereocenters. The summed E-state index contributed by atoms with van der Waals surface area (Å²) in [5.41, 5.74) is 1.23. The van der Waals surface area contributed by atoms with Crippen molar-refractivity contribution in [2.24, 2.45) is 0 Å². The molecule has 0 aliphatic rings. The molecule has 0 amide bonds. The number of rotatable bonds is 5. The molecule has 1 aromatic carbocycles. The number of thiazole rings is 1. The Bertz CT molecular complexity index is 501. The predicted octanol–water partition coefficient (Wildman–Crippen LogP) is 3.32. The lowest BCUT2D eigenvalue weighted by molar-refractivity contribution is 0.285. The molecule has 1 N–H and O–H groups in total. The molecular weight excluding hydrogens is 268 g/mol. The fourth-order valence-electron chi connectivity index (χ4n) is 1.67. The molecule has 0 fully saturated rings. The van der Waals surface area contributed by atoms with Crippen LogP contribution < -0.4 is 4.90 Å². The molecule has 0 saturated heterocycles. The van der Waals surface area contributed by atoms with E-state index in [9.17, 15) is 0 Å². The normalized spacial score (nSPS) is 10.6. The standard InChI is InChI=1S/C13H15ClN2OS/c1-2-16(8-10-6-4-3-5-7-10)13-15-12(14)11(9-17)18-13/h3-7,17H,2,8-9H2,1H3. The average Bonchev–Trinajstić information content (AvgIpc) is 2.78. The largest absolute Gasteiger partial charge is 0.391 e. The average molecular weight is 283 g/mol. The zero-order valence-electron chi connectivity index (χ0n) is 10.1. The van der Waals surface area contributed by atoms with Gasteiger partial charge in [-0.05, 0) is 12.5 Å². The maximum atomic E-state index is 9.14. The first-order valence-electron chi connectivity index (χ1n) is 5.79. The Labute approximate surface area is 116 Å². The summed E-state index contributed by atoms with van der Waals surface area (Å²) in [5, 5.41) is 10.4. The number of aliphatic hydroxyl groups is 1. The van der Waals surface area contributed by atoms with Gasteiger partial charge in [0, 0.05) is 13.1 Å². The molecule has 0 radical (unpaired) electrons. The second-order valence-electron chi connectivity index (χ2n) is 3.87. The van der Waals surface area contributed by atoms with Gasteiger partial charge < -0.3 is 10.0 Å². The van der Waals surface area contributed by atoms with E-state index < -0.39 is 0 Å². The van der Waals surface area contributed by atoms with Crippen LogP contribution >= 0.6 is 22.9 Å². The van der Waals surface area contributed by atoms with Crippen molar-refractivity contribution in [2.45, 2.75) is 20.1 Å². The van der Waals surface area contributed by atoms with Crippen LogP contribution in [-0.4, -0.2) is 16.6 Å². The van der Waals surface area contributed by atoms with E-state index in [1.165, 1.54) is 16.9 Å². The minimum absolute atomic E-state index is 0.0562. The Morgan fingerprint density at radius 1 is 1.33 bits per heavy atom. The number of hydrogen-bond acceptors (Lipinski definition) is 4. The Morgan fingerprint density at radius 2 is 2.06 bits per heavy atom. The maximum Gasteiger partial charge on any atom is 0.187 e. The minimum Gasteiger partial charge on any atom is -0.391 e. The molecule has 2 aromatic rings. The summed E-state index contributed by atoms with van der Waals surface area (Å²) in [6.07, 6.45) is 0. The lowest BCUT2D eigenvalue weighted by atomic mass is 10.2. The first kappa shape index (κ1) is 13.3. The van der Waals surface area contributed by atoms with Gasteiger partial charge in [-0.1, -0.05) is 53.3 Å². The van der Waals surface area contributed by atoms with Crippen molar-refractivity contribution in [3.05, 3.63) is 45.9 Å². The molecule has 0 aliphatic carbocycles. The second-order valence-corrected chi connectivity index (χ2v) is 5.29. The Morgan fingerprint density at radius 3 is 2.61 bits per heavy atom. The number of hydrogen-bond donors (Lipinski definition) is 1. The number of aromatic nitrogens is 1. The van der Waals surface area contributed by atoms with Crippen LogP contribution in [0.1, 0.15) is 17.4 Å². The van der Waals surface area contributed by atoms with E-state index in [1.807, 2.05) is 18.2 Å². The van der Waals surface area contributed by atoms with Crippen LogP contribution in [0.2, 0.25) is 5.15 Å². The fraction of sp³-hybridized carbons (Fsp3) is 0.308. The van der Waals surface area contributed by atoms with Crippen LogP contribution in [0.4, 0.5) is 5.13 Å². The lowest BCUT2D eigenvalue weighted by Gasteiger charge is -2.19. The Balaban J connectivity index is 2.17. The third kappa shape index (κ3) is 3.02. The van der Waals surface area contributed by atoms with Gasteiger partial charge in [-0.3, -0.25) is 0 Å². The minimum atomic E-state index is -0.0562. The third-order valence-electron chi connectivity index (χ3n) is 2.65. The van der Waals surface area contributed by atoms with Crippen LogP contribution in [0.15, 0.2) is 30.3 Å². The van der Waals surface area contributed by atoms with Crippen LogP contribution in [0.25, 0.3) is 0 Å². The quantitative estimate of drug-likeness (QED) is 0.914. The van der Waals surface area contributed by atoms with Crippen molar-refractivity contribution in [3.63, 3.8) is 0 Å². The SMILES string of the molecule is CCN(Cc1ccccc1)c1nc(Cl)c(CO)s1. The topological polar surface area (TPSA) is 36.4 Å². The highest BCUT2D eigenvalue weighted by Crippen LogP contribution is 2.30. The molecule has 0 aliphatic heterocycles. The molecule has 5 heteroatoms. The van der Waals surface area contributed by atoms with Crippen LogP contribution in [-0.2, 0) is 13.2 Å². The molecule has 0 saturated carbocycles. The summed E-state index contributed by atoms with van der Waals surface area (Å²) in [5.74, 6) is 0. The molecule has 2 rings (SSSR count). The van der Waals surface area contributed by atoms with Gasteiger partial charge in [0.25, 0.3) is 0 Å². The van der Waals surface area contributed by atoms with Gasteiger partial charge in [0.1, 0.15) is 5.15 Å². The zero-order valence-corrected chi connectivity index (χ0v) is 11.7. The number of benzene rings is 1. The summed E-state index contributed by atoms with van der Waals surface area (Å²) < 4.78 is 0. The molecule has 0 atom stereocenters. The van der Waals surface area contributed by atoms with Crippen molar-refractivity contribution < 1.29 is 5.11 Å². The monoisotopic (exact) mass is 282 g/mol. The van der Waals surface area contributed by atoms with E-state index in [4.69, 9.17) is 16.7 Å². The molecule has 1 heterocycles. The van der Waals surface area contributed by atoms with Crippen LogP contribution in [0.3, 0.4) is 0 Å². The van der Waals surface area contributed by atoms with Gasteiger partial charge in [0.05, 0.1) is 11.5 Å². The van der Waals surface area contributed by atoms with Gasteiger partial charge >= 0.3 is 0 Å². The van der Waals surface area contributed by atoms with Crippen LogP contribution in [0, 0.1) is 0 Å². The molecular formula is C13H15ClN2OS. The zero-order chi connectivity index (χ0) is 13.0. The van der Waals surface area contributed by atoms with E-state index in [2.05, 4.69) is 28.9 Å². The first-order chi connectivity index (χ1) is 8.74. The number of anilines is 1. The maximum absolute atomic E-state index is 9.14. The highest BCUT2D eigenvalue weighted by molar-refractivity contribution is 7.16. The van der Waals surface area contributed by atoms with E-state index in [1.54, 1.807) is 0 Å². The molecule has 18 heavy (non-hydrogen) atoms. The van der Waals surface area contributed by atoms with Gasteiger partial charge in [0.15, 0.2) is 5.13 Å². The van der Waals surface area contributed by atoms with E-state index in [0.29, 0.717) is 5.15 Å². The number of halogens is 1. The summed E-state index contributed by atoms with van der Waals surface area (Å²) >= 11 is 7.41. The summed E-state index contributed by atoms with van der Waals surface area (Å²) in [6.45, 7) is 3.67. The smallest absolute Gasteiger partial charge is 0.187 e. The van der Waals surface area contributed by atoms with Crippen molar-refractivity contribution in [3.8, 4) is 0 Å². The van der Waals surface area contributed by atoms with Crippen molar-refractivity contribution in [1.82, 2.24) is 4.98 Å². The van der Waals surface area contributed by atoms with Crippen molar-refractivity contribution >= 4 is 28.1 Å². The summed E-state index contributed by atoms with van der Waals surface area (Å²) in [6, 6.07) is 10.2. The van der Waals surface area contributed by atoms with Crippen molar-refractivity contribution in [1.29, 1.82) is 0 Å². The Hall–Kier alpha value is -1.10. The molecule has 96 valence electrons. The van der Waals surface area contributed by atoms with Gasteiger partial charge in [-0.15, -0.1) is 0 Å². The number of nitrogens with zero attached hydrogens (tertiary/aromatic N) is 2. The van der Waals surface area contributed by atoms with Crippen LogP contribution in [0.5, 0.6) is 0 Å². The van der Waals surface area contributed by atoms with Gasteiger partial charge in [0.2, 0.25) is 0 Å².